The number of hydrogen-bond donors (Lipinski definition) is 1. The minimum Gasteiger partial charge on any atom is -0.494 e. The Labute approximate surface area is 112 Å². The van der Waals surface area contributed by atoms with Crippen molar-refractivity contribution in [2.45, 2.75) is 26.4 Å². The molecule has 2 rings (SSSR count). The fourth-order valence-electron chi connectivity index (χ4n) is 1.97. The van der Waals surface area contributed by atoms with E-state index in [9.17, 15) is 5.11 Å². The molecular weight excluding hydrogens is 244 g/mol. The van der Waals surface area contributed by atoms with Crippen LogP contribution in [0.1, 0.15) is 36.0 Å². The van der Waals surface area contributed by atoms with Crippen molar-refractivity contribution in [3.8, 4) is 5.75 Å². The first-order valence-corrected chi connectivity index (χ1v) is 7.11. The summed E-state index contributed by atoms with van der Waals surface area (Å²) < 4.78 is 5.46. The van der Waals surface area contributed by atoms with Crippen molar-refractivity contribution >= 4 is 11.3 Å². The molecule has 0 fully saturated rings. The summed E-state index contributed by atoms with van der Waals surface area (Å²) in [6.45, 7) is 4.70. The number of rotatable bonds is 5. The van der Waals surface area contributed by atoms with Gasteiger partial charge in [0, 0.05) is 4.88 Å². The van der Waals surface area contributed by atoms with Crippen molar-refractivity contribution in [3.63, 3.8) is 0 Å². The van der Waals surface area contributed by atoms with Crippen LogP contribution in [-0.2, 0) is 6.42 Å². The van der Waals surface area contributed by atoms with Crippen molar-refractivity contribution in [2.24, 2.45) is 0 Å². The zero-order valence-corrected chi connectivity index (χ0v) is 11.5. The van der Waals surface area contributed by atoms with Crippen LogP contribution in [0.4, 0.5) is 0 Å². The molecule has 1 N–H and O–H groups in total. The van der Waals surface area contributed by atoms with Crippen LogP contribution in [0.2, 0.25) is 0 Å². The smallest absolute Gasteiger partial charge is 0.119 e. The minimum atomic E-state index is -0.555. The lowest BCUT2D eigenvalue weighted by molar-refractivity contribution is 0.222. The lowest BCUT2D eigenvalue weighted by atomic mass is 10.0. The largest absolute Gasteiger partial charge is 0.494 e. The van der Waals surface area contributed by atoms with E-state index in [1.54, 1.807) is 11.3 Å². The van der Waals surface area contributed by atoms with E-state index < -0.39 is 6.10 Å². The average Bonchev–Trinajstić information content (AvgIpc) is 2.87. The molecule has 0 saturated heterocycles. The van der Waals surface area contributed by atoms with Gasteiger partial charge in [-0.3, -0.25) is 0 Å². The number of ether oxygens (including phenoxy) is 1. The molecule has 0 radical (unpaired) electrons. The second-order valence-electron chi connectivity index (χ2n) is 4.07. The maximum absolute atomic E-state index is 10.4. The van der Waals surface area contributed by atoms with Gasteiger partial charge in [0.25, 0.3) is 0 Å². The van der Waals surface area contributed by atoms with Crippen LogP contribution in [0.3, 0.4) is 0 Å². The molecule has 3 heteroatoms. The van der Waals surface area contributed by atoms with Crippen molar-refractivity contribution in [1.29, 1.82) is 0 Å². The third-order valence-electron chi connectivity index (χ3n) is 2.89. The molecule has 0 amide bonds. The van der Waals surface area contributed by atoms with Crippen molar-refractivity contribution in [3.05, 3.63) is 51.7 Å². The van der Waals surface area contributed by atoms with Gasteiger partial charge in [-0.05, 0) is 48.1 Å². The third-order valence-corrected chi connectivity index (χ3v) is 3.91. The first-order valence-electron chi connectivity index (χ1n) is 6.23. The Morgan fingerprint density at radius 1 is 1.28 bits per heavy atom. The molecule has 18 heavy (non-hydrogen) atoms. The highest BCUT2D eigenvalue weighted by Gasteiger charge is 2.15. The molecule has 0 aliphatic heterocycles. The number of aliphatic hydroxyl groups excluding tert-OH is 1. The Bertz CT molecular complexity index is 505. The van der Waals surface area contributed by atoms with Crippen LogP contribution >= 0.6 is 11.3 Å². The molecule has 1 aromatic carbocycles. The number of aliphatic hydroxyl groups is 1. The average molecular weight is 262 g/mol. The standard InChI is InChI=1S/C15H18O2S/c1-3-11-8-9-18-15(11)14(16)12-6-5-7-13(10-12)17-4-2/h5-10,14,16H,3-4H2,1-2H3. The van der Waals surface area contributed by atoms with Gasteiger partial charge in [-0.1, -0.05) is 19.1 Å². The van der Waals surface area contributed by atoms with Crippen LogP contribution < -0.4 is 4.74 Å². The highest BCUT2D eigenvalue weighted by atomic mass is 32.1. The van der Waals surface area contributed by atoms with E-state index in [0.717, 1.165) is 22.6 Å². The fourth-order valence-corrected chi connectivity index (χ4v) is 2.98. The zero-order valence-electron chi connectivity index (χ0n) is 10.7. The predicted molar refractivity (Wildman–Crippen MR) is 75.4 cm³/mol. The van der Waals surface area contributed by atoms with E-state index >= 15 is 0 Å². The van der Waals surface area contributed by atoms with Crippen LogP contribution in [0.5, 0.6) is 5.75 Å². The van der Waals surface area contributed by atoms with Gasteiger partial charge >= 0.3 is 0 Å². The number of benzene rings is 1. The van der Waals surface area contributed by atoms with Crippen LogP contribution in [0, 0.1) is 0 Å². The summed E-state index contributed by atoms with van der Waals surface area (Å²) in [5, 5.41) is 12.5. The van der Waals surface area contributed by atoms with E-state index in [4.69, 9.17) is 4.74 Å². The Balaban J connectivity index is 2.28. The van der Waals surface area contributed by atoms with E-state index in [1.807, 2.05) is 36.6 Å². The molecule has 1 heterocycles. The van der Waals surface area contributed by atoms with Crippen molar-refractivity contribution < 1.29 is 9.84 Å². The molecule has 0 aliphatic rings. The summed E-state index contributed by atoms with van der Waals surface area (Å²) in [5.74, 6) is 0.809. The van der Waals surface area contributed by atoms with E-state index in [0.29, 0.717) is 6.61 Å². The zero-order chi connectivity index (χ0) is 13.0. The molecule has 2 nitrogen and oxygen atoms in total. The van der Waals surface area contributed by atoms with Crippen LogP contribution in [0.15, 0.2) is 35.7 Å². The maximum atomic E-state index is 10.4. The van der Waals surface area contributed by atoms with Crippen LogP contribution in [0.25, 0.3) is 0 Å². The third kappa shape index (κ3) is 2.74. The first-order chi connectivity index (χ1) is 8.76. The molecule has 0 aliphatic carbocycles. The van der Waals surface area contributed by atoms with Gasteiger partial charge in [-0.15, -0.1) is 11.3 Å². The number of thiophene rings is 1. The molecule has 1 aromatic heterocycles. The van der Waals surface area contributed by atoms with Crippen molar-refractivity contribution in [1.82, 2.24) is 0 Å². The van der Waals surface area contributed by atoms with Gasteiger partial charge in [0.2, 0.25) is 0 Å². The van der Waals surface area contributed by atoms with Gasteiger partial charge < -0.3 is 9.84 Å². The highest BCUT2D eigenvalue weighted by Crippen LogP contribution is 2.31. The molecular formula is C15H18O2S. The van der Waals surface area contributed by atoms with Gasteiger partial charge in [-0.2, -0.15) is 0 Å². The number of aryl methyl sites for hydroxylation is 1. The van der Waals surface area contributed by atoms with Gasteiger partial charge in [0.05, 0.1) is 6.61 Å². The quantitative estimate of drug-likeness (QED) is 0.888. The molecule has 2 aromatic rings. The topological polar surface area (TPSA) is 29.5 Å². The van der Waals surface area contributed by atoms with Crippen molar-refractivity contribution in [2.75, 3.05) is 6.61 Å². The number of hydrogen-bond acceptors (Lipinski definition) is 3. The summed E-state index contributed by atoms with van der Waals surface area (Å²) in [4.78, 5) is 1.03. The molecule has 0 spiro atoms. The predicted octanol–water partition coefficient (Wildman–Crippen LogP) is 3.79. The summed E-state index contributed by atoms with van der Waals surface area (Å²) in [6, 6.07) is 9.76. The first kappa shape index (κ1) is 13.1. The normalized spacial score (nSPS) is 12.4. The van der Waals surface area contributed by atoms with E-state index in [2.05, 4.69) is 13.0 Å². The molecule has 96 valence electrons. The highest BCUT2D eigenvalue weighted by molar-refractivity contribution is 7.10. The summed E-state index contributed by atoms with van der Waals surface area (Å²) in [5.41, 5.74) is 2.10. The Kier molecular flexibility index (Phi) is 4.39. The van der Waals surface area contributed by atoms with E-state index in [-0.39, 0.29) is 0 Å². The summed E-state index contributed by atoms with van der Waals surface area (Å²) in [7, 11) is 0. The lowest BCUT2D eigenvalue weighted by Crippen LogP contribution is -2.01. The Morgan fingerprint density at radius 2 is 2.11 bits per heavy atom. The molecule has 1 unspecified atom stereocenters. The van der Waals surface area contributed by atoms with E-state index in [1.165, 1.54) is 5.56 Å². The molecule has 0 bridgehead atoms. The van der Waals surface area contributed by atoms with Gasteiger partial charge in [0.1, 0.15) is 11.9 Å². The fraction of sp³-hybridized carbons (Fsp3) is 0.333. The Morgan fingerprint density at radius 3 is 2.83 bits per heavy atom. The van der Waals surface area contributed by atoms with Gasteiger partial charge in [-0.25, -0.2) is 0 Å². The minimum absolute atomic E-state index is 0.555. The molecule has 1 atom stereocenters. The van der Waals surface area contributed by atoms with Gasteiger partial charge in [0.15, 0.2) is 0 Å². The maximum Gasteiger partial charge on any atom is 0.119 e. The SMILES string of the molecule is CCOc1cccc(C(O)c2sccc2CC)c1. The lowest BCUT2D eigenvalue weighted by Gasteiger charge is -2.13. The van der Waals surface area contributed by atoms with Crippen LogP contribution in [-0.4, -0.2) is 11.7 Å². The second kappa shape index (κ2) is 6.03. The monoisotopic (exact) mass is 262 g/mol. The second-order valence-corrected chi connectivity index (χ2v) is 5.02. The summed E-state index contributed by atoms with van der Waals surface area (Å²) in [6.07, 6.45) is 0.390. The Hall–Kier alpha value is -1.32. The molecule has 0 saturated carbocycles. The summed E-state index contributed by atoms with van der Waals surface area (Å²) >= 11 is 1.61.